The molecule has 1 atom stereocenters. The van der Waals surface area contributed by atoms with Crippen molar-refractivity contribution in [1.82, 2.24) is 0 Å². The predicted octanol–water partition coefficient (Wildman–Crippen LogP) is 2.61. The highest BCUT2D eigenvalue weighted by molar-refractivity contribution is 6.32. The van der Waals surface area contributed by atoms with Gasteiger partial charge in [0.05, 0.1) is 12.1 Å². The van der Waals surface area contributed by atoms with Crippen molar-refractivity contribution in [3.63, 3.8) is 0 Å². The lowest BCUT2D eigenvalue weighted by Crippen LogP contribution is -2.21. The van der Waals surface area contributed by atoms with Gasteiger partial charge in [-0.2, -0.15) is 0 Å². The van der Waals surface area contributed by atoms with Crippen molar-refractivity contribution in [2.45, 2.75) is 25.8 Å². The number of benzene rings is 1. The van der Waals surface area contributed by atoms with E-state index in [1.54, 1.807) is 14.2 Å². The highest BCUT2D eigenvalue weighted by Gasteiger charge is 2.13. The van der Waals surface area contributed by atoms with E-state index >= 15 is 0 Å². The minimum absolute atomic E-state index is 0.122. The number of ether oxygens (including phenoxy) is 3. The summed E-state index contributed by atoms with van der Waals surface area (Å²) >= 11 is 6.17. The maximum absolute atomic E-state index is 6.17. The summed E-state index contributed by atoms with van der Waals surface area (Å²) in [5, 5.41) is 0.504. The first-order valence-corrected chi connectivity index (χ1v) is 6.23. The zero-order valence-electron chi connectivity index (χ0n) is 11.0. The van der Waals surface area contributed by atoms with Gasteiger partial charge in [0.25, 0.3) is 0 Å². The van der Waals surface area contributed by atoms with Crippen molar-refractivity contribution in [2.24, 2.45) is 5.73 Å². The fraction of sp³-hybridized carbons (Fsp3) is 0.538. The third-order valence-electron chi connectivity index (χ3n) is 2.63. The van der Waals surface area contributed by atoms with Crippen molar-refractivity contribution >= 4 is 11.6 Å². The molecular formula is C13H20ClNO3. The Kier molecular flexibility index (Phi) is 6.25. The van der Waals surface area contributed by atoms with E-state index in [4.69, 9.17) is 31.5 Å². The molecule has 1 rings (SSSR count). The Morgan fingerprint density at radius 2 is 2.06 bits per heavy atom. The van der Waals surface area contributed by atoms with E-state index in [2.05, 4.69) is 6.92 Å². The number of rotatable bonds is 7. The van der Waals surface area contributed by atoms with E-state index in [1.165, 1.54) is 0 Å². The third-order valence-corrected chi connectivity index (χ3v) is 2.91. The van der Waals surface area contributed by atoms with Crippen LogP contribution in [0.5, 0.6) is 11.5 Å². The molecule has 4 nitrogen and oxygen atoms in total. The summed E-state index contributed by atoms with van der Waals surface area (Å²) in [5.41, 5.74) is 6.97. The Balaban J connectivity index is 2.95. The number of halogens is 1. The second-order valence-electron chi connectivity index (χ2n) is 4.03. The molecular weight excluding hydrogens is 254 g/mol. The lowest BCUT2D eigenvalue weighted by molar-refractivity contribution is 0.0492. The van der Waals surface area contributed by atoms with Crippen molar-refractivity contribution in [1.29, 1.82) is 0 Å². The first kappa shape index (κ1) is 15.1. The van der Waals surface area contributed by atoms with E-state index in [0.29, 0.717) is 16.5 Å². The molecule has 18 heavy (non-hydrogen) atoms. The molecule has 0 saturated heterocycles. The first-order valence-electron chi connectivity index (χ1n) is 5.86. The number of methoxy groups -OCH3 is 2. The molecule has 0 saturated carbocycles. The molecule has 0 heterocycles. The standard InChI is InChI=1S/C13H20ClNO3/c1-4-10(15)5-9-6-11(14)13(18-8-16-2)12(7-9)17-3/h6-7,10H,4-5,8,15H2,1-3H3. The van der Waals surface area contributed by atoms with Gasteiger partial charge in [-0.15, -0.1) is 0 Å². The summed E-state index contributed by atoms with van der Waals surface area (Å²) < 4.78 is 15.5. The van der Waals surface area contributed by atoms with E-state index in [9.17, 15) is 0 Å². The molecule has 0 fully saturated rings. The maximum atomic E-state index is 6.17. The molecule has 0 bridgehead atoms. The van der Waals surface area contributed by atoms with E-state index in [-0.39, 0.29) is 12.8 Å². The lowest BCUT2D eigenvalue weighted by atomic mass is 10.0. The van der Waals surface area contributed by atoms with Gasteiger partial charge in [-0.1, -0.05) is 18.5 Å². The fourth-order valence-corrected chi connectivity index (χ4v) is 1.88. The number of hydrogen-bond donors (Lipinski definition) is 1. The fourth-order valence-electron chi connectivity index (χ4n) is 1.60. The molecule has 0 amide bonds. The molecule has 0 spiro atoms. The second-order valence-corrected chi connectivity index (χ2v) is 4.44. The second kappa shape index (κ2) is 7.46. The minimum Gasteiger partial charge on any atom is -0.493 e. The maximum Gasteiger partial charge on any atom is 0.188 e. The Morgan fingerprint density at radius 3 is 2.61 bits per heavy atom. The number of nitrogens with two attached hydrogens (primary N) is 1. The van der Waals surface area contributed by atoms with Gasteiger partial charge < -0.3 is 19.9 Å². The van der Waals surface area contributed by atoms with Gasteiger partial charge in [0.15, 0.2) is 18.3 Å². The largest absolute Gasteiger partial charge is 0.493 e. The Morgan fingerprint density at radius 1 is 1.33 bits per heavy atom. The smallest absolute Gasteiger partial charge is 0.188 e. The molecule has 1 unspecified atom stereocenters. The van der Waals surface area contributed by atoms with Crippen molar-refractivity contribution in [2.75, 3.05) is 21.0 Å². The van der Waals surface area contributed by atoms with E-state index in [0.717, 1.165) is 18.4 Å². The summed E-state index contributed by atoms with van der Waals surface area (Å²) in [7, 11) is 3.13. The molecule has 0 aliphatic carbocycles. The van der Waals surface area contributed by atoms with Gasteiger partial charge in [-0.05, 0) is 30.5 Å². The third kappa shape index (κ3) is 4.05. The zero-order valence-corrected chi connectivity index (χ0v) is 11.8. The van der Waals surface area contributed by atoms with Crippen LogP contribution in [-0.4, -0.2) is 27.1 Å². The van der Waals surface area contributed by atoms with Gasteiger partial charge in [0, 0.05) is 13.2 Å². The number of hydrogen-bond acceptors (Lipinski definition) is 4. The summed E-state index contributed by atoms with van der Waals surface area (Å²) in [4.78, 5) is 0. The quantitative estimate of drug-likeness (QED) is 0.776. The Hall–Kier alpha value is -0.970. The first-order chi connectivity index (χ1) is 8.62. The van der Waals surface area contributed by atoms with Gasteiger partial charge in [-0.25, -0.2) is 0 Å². The van der Waals surface area contributed by atoms with Crippen LogP contribution < -0.4 is 15.2 Å². The molecule has 0 radical (unpaired) electrons. The predicted molar refractivity (Wildman–Crippen MR) is 72.5 cm³/mol. The van der Waals surface area contributed by atoms with Crippen LogP contribution in [0.4, 0.5) is 0 Å². The molecule has 0 aliphatic heterocycles. The van der Waals surface area contributed by atoms with Crippen LogP contribution in [0.2, 0.25) is 5.02 Å². The van der Waals surface area contributed by atoms with Gasteiger partial charge in [-0.3, -0.25) is 0 Å². The molecule has 0 aromatic heterocycles. The Bertz CT molecular complexity index is 385. The minimum atomic E-state index is 0.122. The van der Waals surface area contributed by atoms with Crippen molar-refractivity contribution in [3.05, 3.63) is 22.7 Å². The molecule has 2 N–H and O–H groups in total. The topological polar surface area (TPSA) is 53.7 Å². The average Bonchev–Trinajstić information content (AvgIpc) is 2.36. The zero-order chi connectivity index (χ0) is 13.5. The van der Waals surface area contributed by atoms with Gasteiger partial charge in [0.1, 0.15) is 0 Å². The molecule has 102 valence electrons. The summed E-state index contributed by atoms with van der Waals surface area (Å²) in [6.07, 6.45) is 1.68. The summed E-state index contributed by atoms with van der Waals surface area (Å²) in [5.74, 6) is 1.09. The molecule has 1 aromatic rings. The van der Waals surface area contributed by atoms with Crippen molar-refractivity contribution < 1.29 is 14.2 Å². The van der Waals surface area contributed by atoms with Gasteiger partial charge in [0.2, 0.25) is 0 Å². The van der Waals surface area contributed by atoms with Crippen LogP contribution in [0.15, 0.2) is 12.1 Å². The summed E-state index contributed by atoms with van der Waals surface area (Å²) in [6, 6.07) is 3.87. The van der Waals surface area contributed by atoms with Crippen LogP contribution in [-0.2, 0) is 11.2 Å². The van der Waals surface area contributed by atoms with E-state index < -0.39 is 0 Å². The Labute approximate surface area is 113 Å². The monoisotopic (exact) mass is 273 g/mol. The SMILES string of the molecule is CCC(N)Cc1cc(Cl)c(OCOC)c(OC)c1. The molecule has 5 heteroatoms. The highest BCUT2D eigenvalue weighted by Crippen LogP contribution is 2.36. The highest BCUT2D eigenvalue weighted by atomic mass is 35.5. The van der Waals surface area contributed by atoms with E-state index in [1.807, 2.05) is 12.1 Å². The van der Waals surface area contributed by atoms with Crippen LogP contribution in [0.1, 0.15) is 18.9 Å². The average molecular weight is 274 g/mol. The van der Waals surface area contributed by atoms with Crippen LogP contribution in [0.3, 0.4) is 0 Å². The normalized spacial score (nSPS) is 12.3. The van der Waals surface area contributed by atoms with Crippen LogP contribution in [0.25, 0.3) is 0 Å². The lowest BCUT2D eigenvalue weighted by Gasteiger charge is -2.15. The molecule has 1 aromatic carbocycles. The van der Waals surface area contributed by atoms with Gasteiger partial charge >= 0.3 is 0 Å². The summed E-state index contributed by atoms with van der Waals surface area (Å²) in [6.45, 7) is 2.18. The van der Waals surface area contributed by atoms with Crippen molar-refractivity contribution in [3.8, 4) is 11.5 Å². The van der Waals surface area contributed by atoms with Crippen LogP contribution >= 0.6 is 11.6 Å². The molecule has 0 aliphatic rings. The van der Waals surface area contributed by atoms with Crippen LogP contribution in [0, 0.1) is 0 Å².